The van der Waals surface area contributed by atoms with Gasteiger partial charge in [0, 0.05) is 30.2 Å². The Kier molecular flexibility index (Phi) is 6.59. The molecule has 0 bridgehead atoms. The van der Waals surface area contributed by atoms with Crippen LogP contribution in [0.25, 0.3) is 0 Å². The molecule has 1 amide bonds. The molecular formula is C18H22ClN3O4S2. The van der Waals surface area contributed by atoms with Crippen molar-refractivity contribution in [1.29, 1.82) is 0 Å². The Morgan fingerprint density at radius 2 is 2.11 bits per heavy atom. The van der Waals surface area contributed by atoms with Crippen molar-refractivity contribution in [2.24, 2.45) is 0 Å². The van der Waals surface area contributed by atoms with Gasteiger partial charge in [0.1, 0.15) is 16.9 Å². The molecular weight excluding hydrogens is 422 g/mol. The standard InChI is InChI=1S/C18H22ClN3O4S2/c1-12(18-20-7-10-27-18)21-17(23)13-3-4-16(15(19)11-13)26-14-5-8-22(9-6-14)28(2,24)25/h3-4,7,10-12,14H,5-6,8-9H2,1-2H3,(H,21,23). The Morgan fingerprint density at radius 1 is 1.39 bits per heavy atom. The zero-order chi connectivity index (χ0) is 20.3. The molecule has 1 N–H and O–H groups in total. The summed E-state index contributed by atoms with van der Waals surface area (Å²) in [6.07, 6.45) is 3.99. The predicted molar refractivity (Wildman–Crippen MR) is 110 cm³/mol. The molecule has 7 nitrogen and oxygen atoms in total. The van der Waals surface area contributed by atoms with Crippen LogP contribution in [0.15, 0.2) is 29.8 Å². The van der Waals surface area contributed by atoms with Crippen molar-refractivity contribution < 1.29 is 17.9 Å². The van der Waals surface area contributed by atoms with E-state index in [4.69, 9.17) is 16.3 Å². The molecule has 0 radical (unpaired) electrons. The first-order chi connectivity index (χ1) is 13.2. The topological polar surface area (TPSA) is 88.6 Å². The zero-order valence-electron chi connectivity index (χ0n) is 15.6. The second-order valence-corrected chi connectivity index (χ2v) is 10.0. The number of carbonyl (C=O) groups is 1. The van der Waals surface area contributed by atoms with Crippen LogP contribution in [0, 0.1) is 0 Å². The lowest BCUT2D eigenvalue weighted by atomic mass is 10.1. The van der Waals surface area contributed by atoms with Crippen LogP contribution in [0.4, 0.5) is 0 Å². The number of carbonyl (C=O) groups excluding carboxylic acids is 1. The third kappa shape index (κ3) is 5.22. The van der Waals surface area contributed by atoms with Gasteiger partial charge in [-0.15, -0.1) is 11.3 Å². The Morgan fingerprint density at radius 3 is 2.68 bits per heavy atom. The van der Waals surface area contributed by atoms with E-state index in [1.54, 1.807) is 24.4 Å². The van der Waals surface area contributed by atoms with E-state index >= 15 is 0 Å². The largest absolute Gasteiger partial charge is 0.489 e. The summed E-state index contributed by atoms with van der Waals surface area (Å²) >= 11 is 7.79. The first-order valence-electron chi connectivity index (χ1n) is 8.85. The summed E-state index contributed by atoms with van der Waals surface area (Å²) < 4.78 is 30.5. The number of rotatable bonds is 6. The predicted octanol–water partition coefficient (Wildman–Crippen LogP) is 3.09. The van der Waals surface area contributed by atoms with Crippen molar-refractivity contribution in [1.82, 2.24) is 14.6 Å². The highest BCUT2D eigenvalue weighted by atomic mass is 35.5. The SMILES string of the molecule is CC(NC(=O)c1ccc(OC2CCN(S(C)(=O)=O)CC2)c(Cl)c1)c1nccs1. The van der Waals surface area contributed by atoms with Crippen molar-refractivity contribution in [3.05, 3.63) is 45.4 Å². The Bertz CT molecular complexity index is 926. The van der Waals surface area contributed by atoms with Gasteiger partial charge in [0.2, 0.25) is 10.0 Å². The van der Waals surface area contributed by atoms with Crippen molar-refractivity contribution >= 4 is 38.9 Å². The minimum absolute atomic E-state index is 0.111. The lowest BCUT2D eigenvalue weighted by Crippen LogP contribution is -2.41. The normalized spacial score (nSPS) is 17.2. The summed E-state index contributed by atoms with van der Waals surface area (Å²) in [7, 11) is -3.17. The maximum absolute atomic E-state index is 12.4. The Labute approximate surface area is 173 Å². The number of nitrogens with zero attached hydrogens (tertiary/aromatic N) is 2. The number of hydrogen-bond acceptors (Lipinski definition) is 6. The van der Waals surface area contributed by atoms with E-state index in [-0.39, 0.29) is 18.1 Å². The van der Waals surface area contributed by atoms with Crippen molar-refractivity contribution in [3.8, 4) is 5.75 Å². The van der Waals surface area contributed by atoms with Gasteiger partial charge in [0.05, 0.1) is 17.3 Å². The lowest BCUT2D eigenvalue weighted by Gasteiger charge is -2.30. The number of amides is 1. The summed E-state index contributed by atoms with van der Waals surface area (Å²) in [5.74, 6) is 0.251. The number of ether oxygens (including phenoxy) is 1. The quantitative estimate of drug-likeness (QED) is 0.741. The summed E-state index contributed by atoms with van der Waals surface area (Å²) in [5.41, 5.74) is 0.438. The first-order valence-corrected chi connectivity index (χ1v) is 12.0. The number of hydrogen-bond donors (Lipinski definition) is 1. The third-order valence-electron chi connectivity index (χ3n) is 4.53. The number of sulfonamides is 1. The number of benzene rings is 1. The number of piperidine rings is 1. The highest BCUT2D eigenvalue weighted by molar-refractivity contribution is 7.88. The van der Waals surface area contributed by atoms with Crippen molar-refractivity contribution in [2.45, 2.75) is 31.9 Å². The lowest BCUT2D eigenvalue weighted by molar-refractivity contribution is 0.0939. The molecule has 1 aromatic carbocycles. The van der Waals surface area contributed by atoms with E-state index in [2.05, 4.69) is 10.3 Å². The van der Waals surface area contributed by atoms with Gasteiger partial charge in [-0.3, -0.25) is 4.79 Å². The Balaban J connectivity index is 1.59. The molecule has 28 heavy (non-hydrogen) atoms. The smallest absolute Gasteiger partial charge is 0.251 e. The minimum atomic E-state index is -3.17. The minimum Gasteiger partial charge on any atom is -0.489 e. The van der Waals surface area contributed by atoms with Crippen LogP contribution in [0.1, 0.15) is 41.2 Å². The first kappa shape index (κ1) is 21.0. The van der Waals surface area contributed by atoms with Crippen LogP contribution in [0.3, 0.4) is 0 Å². The summed E-state index contributed by atoms with van der Waals surface area (Å²) in [6, 6.07) is 4.72. The molecule has 0 saturated carbocycles. The summed E-state index contributed by atoms with van der Waals surface area (Å²) in [4.78, 5) is 16.6. The molecule has 1 unspecified atom stereocenters. The van der Waals surface area contributed by atoms with Gasteiger partial charge in [0.15, 0.2) is 0 Å². The van der Waals surface area contributed by atoms with E-state index in [9.17, 15) is 13.2 Å². The number of aromatic nitrogens is 1. The highest BCUT2D eigenvalue weighted by Gasteiger charge is 2.26. The number of halogens is 1. The van der Waals surface area contributed by atoms with Crippen LogP contribution >= 0.6 is 22.9 Å². The monoisotopic (exact) mass is 443 g/mol. The van der Waals surface area contributed by atoms with Crippen molar-refractivity contribution in [3.63, 3.8) is 0 Å². The summed E-state index contributed by atoms with van der Waals surface area (Å²) in [6.45, 7) is 2.73. The van der Waals surface area contributed by atoms with Crippen LogP contribution in [0.5, 0.6) is 5.75 Å². The second kappa shape index (κ2) is 8.77. The molecule has 1 aromatic heterocycles. The third-order valence-corrected chi connectivity index (χ3v) is 7.08. The van der Waals surface area contributed by atoms with Gasteiger partial charge in [0.25, 0.3) is 5.91 Å². The molecule has 3 rings (SSSR count). The number of thiazole rings is 1. The Hall–Kier alpha value is -1.68. The van der Waals surface area contributed by atoms with E-state index in [1.165, 1.54) is 21.9 Å². The van der Waals surface area contributed by atoms with E-state index in [1.807, 2.05) is 12.3 Å². The van der Waals surface area contributed by atoms with Crippen LogP contribution in [-0.4, -0.2) is 49.1 Å². The highest BCUT2D eigenvalue weighted by Crippen LogP contribution is 2.29. The van der Waals surface area contributed by atoms with Gasteiger partial charge >= 0.3 is 0 Å². The maximum atomic E-state index is 12.4. The van der Waals surface area contributed by atoms with Crippen LogP contribution < -0.4 is 10.1 Å². The molecule has 1 saturated heterocycles. The number of nitrogens with one attached hydrogen (secondary N) is 1. The van der Waals surface area contributed by atoms with Gasteiger partial charge in [-0.25, -0.2) is 17.7 Å². The zero-order valence-corrected chi connectivity index (χ0v) is 18.0. The molecule has 1 fully saturated rings. The fourth-order valence-electron chi connectivity index (χ4n) is 2.99. The molecule has 1 atom stereocenters. The molecule has 0 spiro atoms. The van der Waals surface area contributed by atoms with Crippen LogP contribution in [0.2, 0.25) is 5.02 Å². The second-order valence-electron chi connectivity index (χ2n) is 6.69. The van der Waals surface area contributed by atoms with E-state index < -0.39 is 10.0 Å². The molecule has 1 aliphatic rings. The molecule has 10 heteroatoms. The maximum Gasteiger partial charge on any atom is 0.251 e. The summed E-state index contributed by atoms with van der Waals surface area (Å²) in [5, 5.41) is 5.94. The average Bonchev–Trinajstić information content (AvgIpc) is 3.18. The van der Waals surface area contributed by atoms with Gasteiger partial charge in [-0.2, -0.15) is 0 Å². The van der Waals surface area contributed by atoms with Crippen LogP contribution in [-0.2, 0) is 10.0 Å². The molecule has 152 valence electrons. The molecule has 0 aliphatic carbocycles. The molecule has 2 aromatic rings. The van der Waals surface area contributed by atoms with Gasteiger partial charge < -0.3 is 10.1 Å². The average molecular weight is 444 g/mol. The van der Waals surface area contributed by atoms with Gasteiger partial charge in [-0.1, -0.05) is 11.6 Å². The van der Waals surface area contributed by atoms with Gasteiger partial charge in [-0.05, 0) is 38.0 Å². The molecule has 1 aliphatic heterocycles. The fraction of sp³-hybridized carbons (Fsp3) is 0.444. The fourth-order valence-corrected chi connectivity index (χ4v) is 4.73. The van der Waals surface area contributed by atoms with Crippen molar-refractivity contribution in [2.75, 3.05) is 19.3 Å². The van der Waals surface area contributed by atoms with E-state index in [0.29, 0.717) is 42.3 Å². The van der Waals surface area contributed by atoms with E-state index in [0.717, 1.165) is 5.01 Å². The molecule has 2 heterocycles.